The highest BCUT2D eigenvalue weighted by atomic mass is 32.1. The Hall–Kier alpha value is -3.78. The number of aromatic nitrogens is 2. The van der Waals surface area contributed by atoms with Gasteiger partial charge in [0.05, 0.1) is 36.0 Å². The number of esters is 1. The van der Waals surface area contributed by atoms with Gasteiger partial charge < -0.3 is 29.1 Å². The fraction of sp³-hybridized carbons (Fsp3) is 0.600. The fourth-order valence-electron chi connectivity index (χ4n) is 6.32. The molecule has 13 nitrogen and oxygen atoms in total. The Morgan fingerprint density at radius 3 is 2.50 bits per heavy atom. The van der Waals surface area contributed by atoms with Gasteiger partial charge in [0.2, 0.25) is 18.1 Å². The van der Waals surface area contributed by atoms with Crippen molar-refractivity contribution in [1.29, 1.82) is 0 Å². The van der Waals surface area contributed by atoms with Crippen molar-refractivity contribution in [2.75, 3.05) is 20.7 Å². The number of ketones is 1. The Labute approximate surface area is 258 Å². The van der Waals surface area contributed by atoms with Crippen LogP contribution in [-0.2, 0) is 28.6 Å². The number of carbonyl (C=O) groups excluding carboxylic acids is 5. The highest BCUT2D eigenvalue weighted by Crippen LogP contribution is 2.52. The van der Waals surface area contributed by atoms with E-state index in [2.05, 4.69) is 4.98 Å². The van der Waals surface area contributed by atoms with Crippen LogP contribution in [0.5, 0.6) is 0 Å². The molecule has 2 aliphatic heterocycles. The van der Waals surface area contributed by atoms with Crippen molar-refractivity contribution in [1.82, 2.24) is 19.2 Å². The number of imidazole rings is 1. The highest BCUT2D eigenvalue weighted by Gasteiger charge is 2.60. The molecule has 1 N–H and O–H groups in total. The van der Waals surface area contributed by atoms with Crippen LogP contribution in [0.1, 0.15) is 74.7 Å². The first-order valence-corrected chi connectivity index (χ1v) is 15.7. The molecule has 1 aliphatic carbocycles. The summed E-state index contributed by atoms with van der Waals surface area (Å²) in [5.41, 5.74) is 0.616. The Morgan fingerprint density at radius 2 is 1.84 bits per heavy atom. The van der Waals surface area contributed by atoms with E-state index in [9.17, 15) is 29.1 Å². The number of thiazole rings is 1. The van der Waals surface area contributed by atoms with Crippen LogP contribution in [0.15, 0.2) is 18.2 Å². The number of Topliss-reactive ketones (excluding diaryl/α,β-unsaturated/α-hetero) is 1. The minimum absolute atomic E-state index is 0.0106. The van der Waals surface area contributed by atoms with E-state index in [-0.39, 0.29) is 42.2 Å². The van der Waals surface area contributed by atoms with Crippen LogP contribution in [-0.4, -0.2) is 93.2 Å². The van der Waals surface area contributed by atoms with Crippen molar-refractivity contribution in [3.05, 3.63) is 28.8 Å². The Morgan fingerprint density at radius 1 is 1.14 bits per heavy atom. The van der Waals surface area contributed by atoms with Gasteiger partial charge in [-0.2, -0.15) is 0 Å². The number of rotatable bonds is 10. The standard InChI is InChI=1S/C30H38N4O9S/c1-15-22(20-12-33-14-31-24(28(33)44-20)19(36)11-21(37)32(4)5)26(34-25(15)23(16(2)35)27(34)38)29(39)42-17(3)43-30(40)41-13-18-9-7-6-8-10-18/h12,14-18,23,25,35H,6-11,13H2,1-5H3/t15-,16+,17?,23+,25+/m0/s1. The summed E-state index contributed by atoms with van der Waals surface area (Å²) >= 11 is 1.19. The number of carbonyl (C=O) groups is 5. The molecule has 1 unspecified atom stereocenters. The molecule has 2 amide bonds. The lowest BCUT2D eigenvalue weighted by Gasteiger charge is -2.46. The molecule has 1 saturated carbocycles. The van der Waals surface area contributed by atoms with Gasteiger partial charge in [0, 0.05) is 38.7 Å². The molecule has 5 atom stereocenters. The lowest BCUT2D eigenvalue weighted by molar-refractivity contribution is -0.173. The smallest absolute Gasteiger partial charge is 0.434 e. The second kappa shape index (κ2) is 12.7. The second-order valence-electron chi connectivity index (χ2n) is 12.0. The van der Waals surface area contributed by atoms with Gasteiger partial charge in [0.25, 0.3) is 0 Å². The van der Waals surface area contributed by atoms with E-state index in [1.165, 1.54) is 47.7 Å². The number of nitrogens with zero attached hydrogens (tertiary/aromatic N) is 4. The molecule has 1 saturated heterocycles. The number of ether oxygens (including phenoxy) is 3. The summed E-state index contributed by atoms with van der Waals surface area (Å²) in [7, 11) is 3.13. The van der Waals surface area contributed by atoms with Gasteiger partial charge >= 0.3 is 12.1 Å². The predicted molar refractivity (Wildman–Crippen MR) is 157 cm³/mol. The molecule has 238 valence electrons. The molecule has 4 heterocycles. The van der Waals surface area contributed by atoms with Gasteiger partial charge in [-0.25, -0.2) is 14.6 Å². The number of aliphatic hydroxyl groups excluding tert-OH is 1. The Kier molecular flexibility index (Phi) is 9.12. The molecule has 3 aliphatic rings. The molecule has 14 heteroatoms. The molecule has 0 aromatic carbocycles. The average Bonchev–Trinajstić information content (AvgIpc) is 3.61. The first kappa shape index (κ1) is 31.6. The van der Waals surface area contributed by atoms with E-state index < -0.39 is 48.2 Å². The number of hydrogen-bond acceptors (Lipinski definition) is 11. The number of aliphatic hydroxyl groups is 1. The van der Waals surface area contributed by atoms with Gasteiger partial charge in [0.1, 0.15) is 22.5 Å². The third-order valence-corrected chi connectivity index (χ3v) is 9.76. The summed E-state index contributed by atoms with van der Waals surface area (Å²) in [4.78, 5) is 72.0. The van der Waals surface area contributed by atoms with Gasteiger partial charge in [-0.05, 0) is 25.7 Å². The first-order valence-electron chi connectivity index (χ1n) is 14.9. The molecular formula is C30H38N4O9S. The SMILES string of the molecule is CC(OC(=O)OCC1CCCCC1)OC(=O)C1=C(c2cn3cnc(C(=O)CC(=O)N(C)C)c3s2)[C@H](C)[C@@H]2[C@@H]([C@@H](C)O)C(=O)N12. The molecule has 5 rings (SSSR count). The van der Waals surface area contributed by atoms with Crippen LogP contribution in [0, 0.1) is 17.8 Å². The molecule has 44 heavy (non-hydrogen) atoms. The molecule has 0 radical (unpaired) electrons. The van der Waals surface area contributed by atoms with Crippen molar-refractivity contribution in [3.8, 4) is 0 Å². The Bertz CT molecular complexity index is 1500. The minimum atomic E-state index is -1.30. The maximum absolute atomic E-state index is 13.6. The lowest BCUT2D eigenvalue weighted by atomic mass is 9.77. The zero-order valence-corrected chi connectivity index (χ0v) is 26.3. The van der Waals surface area contributed by atoms with Crippen LogP contribution in [0.4, 0.5) is 4.79 Å². The minimum Gasteiger partial charge on any atom is -0.434 e. The quantitative estimate of drug-likeness (QED) is 0.136. The summed E-state index contributed by atoms with van der Waals surface area (Å²) in [6.07, 6.45) is 4.99. The number of fused-ring (bicyclic) bond motifs is 2. The van der Waals surface area contributed by atoms with Crippen LogP contribution in [0.3, 0.4) is 0 Å². The molecular weight excluding hydrogens is 592 g/mol. The number of β-lactam (4-membered cyclic amide) rings is 1. The van der Waals surface area contributed by atoms with Gasteiger partial charge in [-0.1, -0.05) is 26.2 Å². The van der Waals surface area contributed by atoms with Crippen LogP contribution in [0.25, 0.3) is 10.4 Å². The van der Waals surface area contributed by atoms with E-state index in [1.807, 2.05) is 6.92 Å². The average molecular weight is 631 g/mol. The van der Waals surface area contributed by atoms with Crippen molar-refractivity contribution in [2.24, 2.45) is 17.8 Å². The van der Waals surface area contributed by atoms with Crippen LogP contribution >= 0.6 is 11.3 Å². The van der Waals surface area contributed by atoms with Crippen molar-refractivity contribution in [3.63, 3.8) is 0 Å². The third kappa shape index (κ3) is 5.96. The van der Waals surface area contributed by atoms with Gasteiger partial charge in [-0.3, -0.25) is 18.8 Å². The highest BCUT2D eigenvalue weighted by molar-refractivity contribution is 7.18. The van der Waals surface area contributed by atoms with Crippen LogP contribution in [0.2, 0.25) is 0 Å². The largest absolute Gasteiger partial charge is 0.511 e. The maximum Gasteiger partial charge on any atom is 0.511 e. The number of hydrogen-bond donors (Lipinski definition) is 1. The molecule has 2 fully saturated rings. The summed E-state index contributed by atoms with van der Waals surface area (Å²) in [5.74, 6) is -2.89. The molecule has 2 aromatic rings. The molecule has 0 spiro atoms. The van der Waals surface area contributed by atoms with Crippen molar-refractivity contribution < 1.29 is 43.3 Å². The predicted octanol–water partition coefficient (Wildman–Crippen LogP) is 3.25. The van der Waals surface area contributed by atoms with E-state index in [0.717, 1.165) is 25.7 Å². The summed E-state index contributed by atoms with van der Waals surface area (Å²) < 4.78 is 17.6. The normalized spacial score (nSPS) is 23.2. The molecule has 0 bridgehead atoms. The van der Waals surface area contributed by atoms with Gasteiger partial charge in [-0.15, -0.1) is 11.3 Å². The zero-order chi connectivity index (χ0) is 31.9. The summed E-state index contributed by atoms with van der Waals surface area (Å²) in [6.45, 7) is 5.02. The topological polar surface area (TPSA) is 157 Å². The number of amides is 2. The monoisotopic (exact) mass is 630 g/mol. The Balaban J connectivity index is 1.38. The maximum atomic E-state index is 13.6. The lowest BCUT2D eigenvalue weighted by Crippen LogP contribution is -2.63. The molecule has 2 aromatic heterocycles. The van der Waals surface area contributed by atoms with E-state index >= 15 is 0 Å². The van der Waals surface area contributed by atoms with Crippen molar-refractivity contribution >= 4 is 51.5 Å². The van der Waals surface area contributed by atoms with E-state index in [4.69, 9.17) is 14.2 Å². The van der Waals surface area contributed by atoms with Crippen LogP contribution < -0.4 is 0 Å². The van der Waals surface area contributed by atoms with E-state index in [1.54, 1.807) is 24.7 Å². The first-order chi connectivity index (χ1) is 20.9. The zero-order valence-electron chi connectivity index (χ0n) is 25.5. The summed E-state index contributed by atoms with van der Waals surface area (Å²) in [6, 6.07) is -0.491. The van der Waals surface area contributed by atoms with Crippen molar-refractivity contribution in [2.45, 2.75) is 77.7 Å². The van der Waals surface area contributed by atoms with Gasteiger partial charge in [0.15, 0.2) is 5.78 Å². The third-order valence-electron chi connectivity index (χ3n) is 8.61. The summed E-state index contributed by atoms with van der Waals surface area (Å²) in [5, 5.41) is 10.3. The second-order valence-corrected chi connectivity index (χ2v) is 13.0. The fourth-order valence-corrected chi connectivity index (χ4v) is 7.55. The van der Waals surface area contributed by atoms with E-state index in [0.29, 0.717) is 15.3 Å².